The number of hydrogen-bond donors (Lipinski definition) is 2. The summed E-state index contributed by atoms with van der Waals surface area (Å²) in [7, 11) is 0. The Bertz CT molecular complexity index is 634. The molecule has 2 aromatic rings. The molecule has 0 saturated carbocycles. The lowest BCUT2D eigenvalue weighted by atomic mass is 9.97. The number of pyridine rings is 1. The van der Waals surface area contributed by atoms with E-state index in [4.69, 9.17) is 0 Å². The molecule has 0 bridgehead atoms. The van der Waals surface area contributed by atoms with Crippen LogP contribution in [-0.4, -0.2) is 10.1 Å². The van der Waals surface area contributed by atoms with Crippen molar-refractivity contribution in [2.45, 2.75) is 39.2 Å². The lowest BCUT2D eigenvalue weighted by Gasteiger charge is -2.17. The van der Waals surface area contributed by atoms with Gasteiger partial charge in [0, 0.05) is 11.3 Å². The number of anilines is 1. The molecule has 3 heteroatoms. The summed E-state index contributed by atoms with van der Waals surface area (Å²) >= 11 is 0. The third-order valence-corrected chi connectivity index (χ3v) is 4.16. The number of benzene rings is 1. The maximum Gasteiger partial charge on any atom is 0.121 e. The van der Waals surface area contributed by atoms with Crippen LogP contribution in [0.5, 0.6) is 5.75 Å². The highest BCUT2D eigenvalue weighted by Gasteiger charge is 2.32. The Labute approximate surface area is 119 Å². The largest absolute Gasteiger partial charge is 0.508 e. The van der Waals surface area contributed by atoms with Crippen molar-refractivity contribution in [3.05, 3.63) is 52.8 Å². The number of aryl methyl sites for hydroxylation is 2. The molecule has 2 N–H and O–H groups in total. The first kappa shape index (κ1) is 13.0. The first-order chi connectivity index (χ1) is 9.56. The lowest BCUT2D eigenvalue weighted by Crippen LogP contribution is -2.08. The minimum atomic E-state index is 0.157. The zero-order valence-corrected chi connectivity index (χ0v) is 12.1. The van der Waals surface area contributed by atoms with E-state index < -0.39 is 0 Å². The summed E-state index contributed by atoms with van der Waals surface area (Å²) in [5.41, 5.74) is 5.62. The van der Waals surface area contributed by atoms with Crippen molar-refractivity contribution in [1.29, 1.82) is 0 Å². The smallest absolute Gasteiger partial charge is 0.121 e. The Morgan fingerprint density at radius 1 is 1.15 bits per heavy atom. The average Bonchev–Trinajstić information content (AvgIpc) is 2.75. The van der Waals surface area contributed by atoms with Gasteiger partial charge in [-0.05, 0) is 55.5 Å². The molecule has 3 nitrogen and oxygen atoms in total. The van der Waals surface area contributed by atoms with Crippen molar-refractivity contribution in [3.63, 3.8) is 0 Å². The summed E-state index contributed by atoms with van der Waals surface area (Å²) in [6.07, 6.45) is 2.85. The van der Waals surface area contributed by atoms with Crippen molar-refractivity contribution in [3.8, 4) is 5.75 Å². The number of nitrogens with zero attached hydrogens (tertiary/aromatic N) is 1. The van der Waals surface area contributed by atoms with Gasteiger partial charge in [-0.25, -0.2) is 0 Å². The average molecular weight is 268 g/mol. The lowest BCUT2D eigenvalue weighted by molar-refractivity contribution is 0.465. The molecule has 1 aromatic carbocycles. The van der Waals surface area contributed by atoms with Crippen molar-refractivity contribution < 1.29 is 5.11 Å². The van der Waals surface area contributed by atoms with E-state index in [0.29, 0.717) is 11.7 Å². The van der Waals surface area contributed by atoms with Gasteiger partial charge in [-0.2, -0.15) is 0 Å². The maximum absolute atomic E-state index is 10.2. The molecule has 0 aliphatic heterocycles. The molecule has 1 aliphatic rings. The van der Waals surface area contributed by atoms with Gasteiger partial charge in [-0.15, -0.1) is 0 Å². The second-order valence-corrected chi connectivity index (χ2v) is 5.75. The SMILES string of the molecule is Cc1ccc(NC2CC(C)c3c(C)ccc(O)c32)cn1. The van der Waals surface area contributed by atoms with Crippen LogP contribution in [0.2, 0.25) is 0 Å². The van der Waals surface area contributed by atoms with E-state index in [1.54, 1.807) is 6.07 Å². The third kappa shape index (κ3) is 2.13. The van der Waals surface area contributed by atoms with Crippen LogP contribution < -0.4 is 5.32 Å². The monoisotopic (exact) mass is 268 g/mol. The minimum Gasteiger partial charge on any atom is -0.508 e. The van der Waals surface area contributed by atoms with Gasteiger partial charge < -0.3 is 10.4 Å². The third-order valence-electron chi connectivity index (χ3n) is 4.16. The van der Waals surface area contributed by atoms with Crippen molar-refractivity contribution in [1.82, 2.24) is 4.98 Å². The Morgan fingerprint density at radius 3 is 2.65 bits per heavy atom. The van der Waals surface area contributed by atoms with Crippen molar-refractivity contribution in [2.24, 2.45) is 0 Å². The summed E-state index contributed by atoms with van der Waals surface area (Å²) in [4.78, 5) is 4.31. The topological polar surface area (TPSA) is 45.1 Å². The molecule has 0 spiro atoms. The van der Waals surface area contributed by atoms with Gasteiger partial charge in [-0.1, -0.05) is 13.0 Å². The van der Waals surface area contributed by atoms with E-state index in [9.17, 15) is 5.11 Å². The Balaban J connectivity index is 1.95. The summed E-state index contributed by atoms with van der Waals surface area (Å²) < 4.78 is 0. The van der Waals surface area contributed by atoms with Crippen LogP contribution in [0.1, 0.15) is 47.7 Å². The Kier molecular flexibility index (Phi) is 3.13. The number of fused-ring (bicyclic) bond motifs is 1. The maximum atomic E-state index is 10.2. The highest BCUT2D eigenvalue weighted by atomic mass is 16.3. The first-order valence-electron chi connectivity index (χ1n) is 7.08. The first-order valence-corrected chi connectivity index (χ1v) is 7.08. The van der Waals surface area contributed by atoms with E-state index in [1.165, 1.54) is 11.1 Å². The van der Waals surface area contributed by atoms with Crippen LogP contribution in [0.4, 0.5) is 5.69 Å². The quantitative estimate of drug-likeness (QED) is 0.863. The molecule has 20 heavy (non-hydrogen) atoms. The van der Waals surface area contributed by atoms with Gasteiger partial charge in [0.1, 0.15) is 5.75 Å². The van der Waals surface area contributed by atoms with Crippen LogP contribution in [0.25, 0.3) is 0 Å². The molecule has 104 valence electrons. The number of nitrogens with one attached hydrogen (secondary N) is 1. The van der Waals surface area contributed by atoms with E-state index >= 15 is 0 Å². The number of phenols is 1. The van der Waals surface area contributed by atoms with E-state index in [-0.39, 0.29) is 6.04 Å². The van der Waals surface area contributed by atoms with Crippen LogP contribution in [0, 0.1) is 13.8 Å². The Hall–Kier alpha value is -2.03. The molecule has 2 unspecified atom stereocenters. The predicted molar refractivity (Wildman–Crippen MR) is 81.2 cm³/mol. The predicted octanol–water partition coefficient (Wildman–Crippen LogP) is 4.06. The fourth-order valence-electron chi connectivity index (χ4n) is 3.23. The molecular weight excluding hydrogens is 248 g/mol. The van der Waals surface area contributed by atoms with Crippen LogP contribution in [0.15, 0.2) is 30.5 Å². The van der Waals surface area contributed by atoms with Crippen molar-refractivity contribution >= 4 is 5.69 Å². The fraction of sp³-hybridized carbons (Fsp3) is 0.353. The van der Waals surface area contributed by atoms with Crippen LogP contribution >= 0.6 is 0 Å². The van der Waals surface area contributed by atoms with Crippen LogP contribution in [-0.2, 0) is 0 Å². The summed E-state index contributed by atoms with van der Waals surface area (Å²) in [6, 6.07) is 7.99. The molecule has 0 radical (unpaired) electrons. The van der Waals surface area contributed by atoms with E-state index in [1.807, 2.05) is 31.3 Å². The zero-order chi connectivity index (χ0) is 14.3. The number of aromatic hydroxyl groups is 1. The molecule has 1 aliphatic carbocycles. The fourth-order valence-corrected chi connectivity index (χ4v) is 3.23. The standard InChI is InChI=1S/C17H20N2O/c1-10-4-7-15(20)17-14(8-11(2)16(10)17)19-13-6-5-12(3)18-9-13/h4-7,9,11,14,19-20H,8H2,1-3H3. The molecule has 1 heterocycles. The molecule has 2 atom stereocenters. The molecule has 0 amide bonds. The summed E-state index contributed by atoms with van der Waals surface area (Å²) in [5.74, 6) is 0.862. The number of rotatable bonds is 2. The highest BCUT2D eigenvalue weighted by molar-refractivity contribution is 5.55. The van der Waals surface area contributed by atoms with Gasteiger partial charge in [-0.3, -0.25) is 4.98 Å². The molecule has 0 fully saturated rings. The van der Waals surface area contributed by atoms with E-state index in [0.717, 1.165) is 23.4 Å². The second kappa shape index (κ2) is 4.82. The zero-order valence-electron chi connectivity index (χ0n) is 12.1. The van der Waals surface area contributed by atoms with Crippen LogP contribution in [0.3, 0.4) is 0 Å². The van der Waals surface area contributed by atoms with Gasteiger partial charge in [0.2, 0.25) is 0 Å². The van der Waals surface area contributed by atoms with Gasteiger partial charge >= 0.3 is 0 Å². The molecular formula is C17H20N2O. The Morgan fingerprint density at radius 2 is 1.95 bits per heavy atom. The summed E-state index contributed by atoms with van der Waals surface area (Å²) in [6.45, 7) is 6.32. The highest BCUT2D eigenvalue weighted by Crippen LogP contribution is 2.47. The molecule has 3 rings (SSSR count). The minimum absolute atomic E-state index is 0.157. The van der Waals surface area contributed by atoms with Gasteiger partial charge in [0.05, 0.1) is 17.9 Å². The van der Waals surface area contributed by atoms with E-state index in [2.05, 4.69) is 24.1 Å². The normalized spacial score (nSPS) is 20.8. The summed E-state index contributed by atoms with van der Waals surface area (Å²) in [5, 5.41) is 13.7. The van der Waals surface area contributed by atoms with Gasteiger partial charge in [0.25, 0.3) is 0 Å². The van der Waals surface area contributed by atoms with Crippen molar-refractivity contribution in [2.75, 3.05) is 5.32 Å². The number of phenolic OH excluding ortho intramolecular Hbond substituents is 1. The molecule has 1 aromatic heterocycles. The van der Waals surface area contributed by atoms with Gasteiger partial charge in [0.15, 0.2) is 0 Å². The molecule has 0 saturated heterocycles. The second-order valence-electron chi connectivity index (χ2n) is 5.75. The number of hydrogen-bond acceptors (Lipinski definition) is 3. The number of aromatic nitrogens is 1.